The summed E-state index contributed by atoms with van der Waals surface area (Å²) < 4.78 is 0. The Kier molecular flexibility index (Phi) is 4.31. The average molecular weight is 222 g/mol. The predicted molar refractivity (Wildman–Crippen MR) is 63.7 cm³/mol. The Morgan fingerprint density at radius 3 is 2.81 bits per heavy atom. The second-order valence-corrected chi connectivity index (χ2v) is 3.85. The highest BCUT2D eigenvalue weighted by atomic mass is 16.3. The molecule has 1 aromatic rings. The fourth-order valence-corrected chi connectivity index (χ4v) is 1.31. The molecular weight excluding hydrogens is 204 g/mol. The molecule has 88 valence electrons. The van der Waals surface area contributed by atoms with Gasteiger partial charge in [0.2, 0.25) is 0 Å². The van der Waals surface area contributed by atoms with Crippen LogP contribution >= 0.6 is 0 Å². The Balaban J connectivity index is 2.70. The molecular formula is C12H18N2O2. The summed E-state index contributed by atoms with van der Waals surface area (Å²) in [4.78, 5) is 11.8. The lowest BCUT2D eigenvalue weighted by Crippen LogP contribution is -2.37. The molecule has 0 radical (unpaired) electrons. The Morgan fingerprint density at radius 1 is 1.50 bits per heavy atom. The minimum atomic E-state index is -0.157. The molecule has 0 saturated heterocycles. The van der Waals surface area contributed by atoms with Crippen molar-refractivity contribution >= 4 is 5.91 Å². The van der Waals surface area contributed by atoms with Crippen molar-refractivity contribution in [2.45, 2.75) is 19.9 Å². The summed E-state index contributed by atoms with van der Waals surface area (Å²) in [7, 11) is 1.84. The van der Waals surface area contributed by atoms with Crippen LogP contribution in [0.1, 0.15) is 22.8 Å². The van der Waals surface area contributed by atoms with Gasteiger partial charge in [0.15, 0.2) is 0 Å². The van der Waals surface area contributed by atoms with Crippen LogP contribution < -0.4 is 10.6 Å². The smallest absolute Gasteiger partial charge is 0.251 e. The number of likely N-dealkylation sites (N-methyl/N-ethyl adjacent to an activating group) is 1. The zero-order chi connectivity index (χ0) is 12.1. The van der Waals surface area contributed by atoms with E-state index in [4.69, 9.17) is 0 Å². The molecule has 1 atom stereocenters. The van der Waals surface area contributed by atoms with Crippen LogP contribution in [0.25, 0.3) is 0 Å². The van der Waals surface area contributed by atoms with E-state index in [1.807, 2.05) is 14.0 Å². The number of phenols is 1. The van der Waals surface area contributed by atoms with E-state index in [9.17, 15) is 9.90 Å². The van der Waals surface area contributed by atoms with E-state index in [2.05, 4.69) is 10.6 Å². The van der Waals surface area contributed by atoms with Gasteiger partial charge in [0, 0.05) is 23.7 Å². The maximum Gasteiger partial charge on any atom is 0.251 e. The lowest BCUT2D eigenvalue weighted by atomic mass is 10.1. The van der Waals surface area contributed by atoms with Gasteiger partial charge in [0.1, 0.15) is 5.75 Å². The molecule has 0 aliphatic rings. The summed E-state index contributed by atoms with van der Waals surface area (Å²) in [6, 6.07) is 5.16. The fraction of sp³-hybridized carbons (Fsp3) is 0.417. The molecule has 0 fully saturated rings. The summed E-state index contributed by atoms with van der Waals surface area (Å²) in [5.74, 6) is -0.00943. The molecule has 0 aliphatic carbocycles. The van der Waals surface area contributed by atoms with Crippen molar-refractivity contribution in [1.29, 1.82) is 0 Å². The third-order valence-corrected chi connectivity index (χ3v) is 2.61. The van der Waals surface area contributed by atoms with E-state index >= 15 is 0 Å². The van der Waals surface area contributed by atoms with Crippen molar-refractivity contribution in [2.75, 3.05) is 13.6 Å². The molecule has 0 spiro atoms. The predicted octanol–water partition coefficient (Wildman–Crippen LogP) is 1.04. The number of nitrogens with one attached hydrogen (secondary N) is 2. The van der Waals surface area contributed by atoms with E-state index < -0.39 is 0 Å². The average Bonchev–Trinajstić information content (AvgIpc) is 2.29. The van der Waals surface area contributed by atoms with E-state index in [-0.39, 0.29) is 17.7 Å². The van der Waals surface area contributed by atoms with Crippen LogP contribution in [0.15, 0.2) is 18.2 Å². The highest BCUT2D eigenvalue weighted by molar-refractivity contribution is 5.96. The van der Waals surface area contributed by atoms with Crippen LogP contribution in [-0.2, 0) is 0 Å². The number of benzene rings is 1. The standard InChI is InChI=1S/C12H18N2O2/c1-8(13-3)7-14-12(16)10-5-4-6-11(15)9(10)2/h4-6,8,13,15H,7H2,1-3H3,(H,14,16). The monoisotopic (exact) mass is 222 g/mol. The van der Waals surface area contributed by atoms with Crippen LogP contribution in [0.2, 0.25) is 0 Å². The van der Waals surface area contributed by atoms with Crippen LogP contribution in [0.3, 0.4) is 0 Å². The maximum atomic E-state index is 11.8. The second kappa shape index (κ2) is 5.51. The molecule has 1 unspecified atom stereocenters. The van der Waals surface area contributed by atoms with Crippen molar-refractivity contribution < 1.29 is 9.90 Å². The number of hydrogen-bond acceptors (Lipinski definition) is 3. The first kappa shape index (κ1) is 12.5. The summed E-state index contributed by atoms with van der Waals surface area (Å²) in [5, 5.41) is 15.3. The van der Waals surface area contributed by atoms with Gasteiger partial charge in [-0.1, -0.05) is 6.07 Å². The van der Waals surface area contributed by atoms with E-state index in [1.54, 1.807) is 25.1 Å². The molecule has 3 N–H and O–H groups in total. The van der Waals surface area contributed by atoms with E-state index in [0.717, 1.165) is 0 Å². The Labute approximate surface area is 95.7 Å². The van der Waals surface area contributed by atoms with Gasteiger partial charge in [0.25, 0.3) is 5.91 Å². The van der Waals surface area contributed by atoms with Crippen molar-refractivity contribution in [3.63, 3.8) is 0 Å². The molecule has 0 bridgehead atoms. The van der Waals surface area contributed by atoms with Gasteiger partial charge in [-0.05, 0) is 33.0 Å². The van der Waals surface area contributed by atoms with Gasteiger partial charge >= 0.3 is 0 Å². The molecule has 0 saturated carbocycles. The lowest BCUT2D eigenvalue weighted by molar-refractivity contribution is 0.0949. The van der Waals surface area contributed by atoms with Crippen LogP contribution in [-0.4, -0.2) is 30.6 Å². The van der Waals surface area contributed by atoms with Crippen LogP contribution in [0, 0.1) is 6.92 Å². The van der Waals surface area contributed by atoms with Gasteiger partial charge in [-0.15, -0.1) is 0 Å². The van der Waals surface area contributed by atoms with Crippen molar-refractivity contribution in [2.24, 2.45) is 0 Å². The first-order valence-electron chi connectivity index (χ1n) is 5.30. The highest BCUT2D eigenvalue weighted by Crippen LogP contribution is 2.19. The number of carbonyl (C=O) groups excluding carboxylic acids is 1. The Hall–Kier alpha value is -1.55. The first-order valence-corrected chi connectivity index (χ1v) is 5.30. The number of rotatable bonds is 4. The maximum absolute atomic E-state index is 11.8. The third-order valence-electron chi connectivity index (χ3n) is 2.61. The van der Waals surface area contributed by atoms with Crippen molar-refractivity contribution in [3.8, 4) is 5.75 Å². The number of aromatic hydroxyl groups is 1. The zero-order valence-electron chi connectivity index (χ0n) is 9.87. The topological polar surface area (TPSA) is 61.4 Å². The number of carbonyl (C=O) groups is 1. The van der Waals surface area contributed by atoms with Gasteiger partial charge in [-0.3, -0.25) is 4.79 Å². The van der Waals surface area contributed by atoms with Gasteiger partial charge in [-0.25, -0.2) is 0 Å². The fourth-order valence-electron chi connectivity index (χ4n) is 1.31. The molecule has 1 rings (SSSR count). The normalized spacial score (nSPS) is 12.2. The number of phenolic OH excluding ortho intramolecular Hbond substituents is 1. The van der Waals surface area contributed by atoms with Crippen LogP contribution in [0.4, 0.5) is 0 Å². The summed E-state index contributed by atoms with van der Waals surface area (Å²) in [5.41, 5.74) is 1.13. The Morgan fingerprint density at radius 2 is 2.19 bits per heavy atom. The van der Waals surface area contributed by atoms with Crippen LogP contribution in [0.5, 0.6) is 5.75 Å². The first-order chi connectivity index (χ1) is 7.56. The third kappa shape index (κ3) is 2.97. The summed E-state index contributed by atoms with van der Waals surface area (Å²) in [6.45, 7) is 4.27. The molecule has 4 heteroatoms. The minimum absolute atomic E-state index is 0.148. The second-order valence-electron chi connectivity index (χ2n) is 3.85. The summed E-state index contributed by atoms with van der Waals surface area (Å²) in [6.07, 6.45) is 0. The molecule has 0 aromatic heterocycles. The largest absolute Gasteiger partial charge is 0.508 e. The number of hydrogen-bond donors (Lipinski definition) is 3. The quantitative estimate of drug-likeness (QED) is 0.713. The van der Waals surface area contributed by atoms with Crippen molar-refractivity contribution in [3.05, 3.63) is 29.3 Å². The van der Waals surface area contributed by atoms with Gasteiger partial charge in [-0.2, -0.15) is 0 Å². The summed E-state index contributed by atoms with van der Waals surface area (Å²) >= 11 is 0. The molecule has 4 nitrogen and oxygen atoms in total. The van der Waals surface area contributed by atoms with Crippen molar-refractivity contribution in [1.82, 2.24) is 10.6 Å². The molecule has 1 amide bonds. The molecule has 0 aliphatic heterocycles. The van der Waals surface area contributed by atoms with Gasteiger partial charge < -0.3 is 15.7 Å². The zero-order valence-corrected chi connectivity index (χ0v) is 9.87. The van der Waals surface area contributed by atoms with E-state index in [0.29, 0.717) is 17.7 Å². The molecule has 16 heavy (non-hydrogen) atoms. The minimum Gasteiger partial charge on any atom is -0.508 e. The molecule has 1 aromatic carbocycles. The van der Waals surface area contributed by atoms with E-state index in [1.165, 1.54) is 0 Å². The number of amides is 1. The highest BCUT2D eigenvalue weighted by Gasteiger charge is 2.11. The SMILES string of the molecule is CNC(C)CNC(=O)c1cccc(O)c1C. The Bertz CT molecular complexity index is 377. The molecule has 0 heterocycles. The van der Waals surface area contributed by atoms with Gasteiger partial charge in [0.05, 0.1) is 0 Å². The lowest BCUT2D eigenvalue weighted by Gasteiger charge is -2.12.